The van der Waals surface area contributed by atoms with Crippen molar-refractivity contribution in [2.24, 2.45) is 0 Å². The molecule has 2 aliphatic heterocycles. The van der Waals surface area contributed by atoms with Crippen LogP contribution in [0.5, 0.6) is 0 Å². The maximum absolute atomic E-state index is 12.1. The highest BCUT2D eigenvalue weighted by atomic mass is 16.3. The zero-order valence-electron chi connectivity index (χ0n) is 10.8. The first kappa shape index (κ1) is 13.3. The molecule has 2 amide bonds. The van der Waals surface area contributed by atoms with Crippen LogP contribution in [-0.4, -0.2) is 59.0 Å². The van der Waals surface area contributed by atoms with Crippen molar-refractivity contribution < 1.29 is 14.7 Å². The lowest BCUT2D eigenvalue weighted by atomic mass is 10.1. The molecule has 5 nitrogen and oxygen atoms in total. The largest absolute Gasteiger partial charge is 0.393 e. The fourth-order valence-corrected chi connectivity index (χ4v) is 2.62. The van der Waals surface area contributed by atoms with E-state index in [0.29, 0.717) is 32.5 Å². The first-order valence-corrected chi connectivity index (χ1v) is 6.90. The topological polar surface area (TPSA) is 60.9 Å². The number of carbonyl (C=O) groups excluding carboxylic acids is 2. The molecule has 0 aliphatic carbocycles. The summed E-state index contributed by atoms with van der Waals surface area (Å²) < 4.78 is 0. The average molecular weight is 254 g/mol. The van der Waals surface area contributed by atoms with Crippen molar-refractivity contribution in [2.75, 3.05) is 26.2 Å². The van der Waals surface area contributed by atoms with E-state index in [1.165, 1.54) is 0 Å². The van der Waals surface area contributed by atoms with E-state index in [0.717, 1.165) is 25.7 Å². The zero-order chi connectivity index (χ0) is 13.0. The van der Waals surface area contributed by atoms with Gasteiger partial charge in [-0.25, -0.2) is 0 Å². The number of aliphatic hydroxyl groups is 1. The number of hydrogen-bond donors (Lipinski definition) is 1. The molecule has 0 aromatic carbocycles. The van der Waals surface area contributed by atoms with Crippen molar-refractivity contribution in [1.82, 2.24) is 9.80 Å². The van der Waals surface area contributed by atoms with Gasteiger partial charge in [-0.05, 0) is 32.1 Å². The lowest BCUT2D eigenvalue weighted by molar-refractivity contribution is -0.141. The Morgan fingerprint density at radius 2 is 2.00 bits per heavy atom. The number of piperidine rings is 1. The highest BCUT2D eigenvalue weighted by molar-refractivity contribution is 5.85. The molecule has 0 saturated carbocycles. The highest BCUT2D eigenvalue weighted by Gasteiger charge is 2.24. The number of likely N-dealkylation sites (tertiary alicyclic amines) is 2. The van der Waals surface area contributed by atoms with E-state index in [1.807, 2.05) is 0 Å². The molecule has 2 aliphatic rings. The summed E-state index contributed by atoms with van der Waals surface area (Å²) in [5.74, 6) is 0.129. The summed E-state index contributed by atoms with van der Waals surface area (Å²) in [6.07, 6.45) is 4.51. The molecule has 0 radical (unpaired) electrons. The second kappa shape index (κ2) is 6.18. The van der Waals surface area contributed by atoms with Crippen LogP contribution in [0.25, 0.3) is 0 Å². The molecular weight excluding hydrogens is 232 g/mol. The first-order chi connectivity index (χ1) is 8.66. The summed E-state index contributed by atoms with van der Waals surface area (Å²) in [4.78, 5) is 27.2. The number of amides is 2. The normalized spacial score (nSPS) is 26.1. The summed E-state index contributed by atoms with van der Waals surface area (Å²) in [6.45, 7) is 2.25. The Morgan fingerprint density at radius 1 is 1.17 bits per heavy atom. The van der Waals surface area contributed by atoms with Crippen molar-refractivity contribution >= 4 is 11.8 Å². The minimum atomic E-state index is -0.278. The molecule has 0 spiro atoms. The van der Waals surface area contributed by atoms with E-state index < -0.39 is 0 Å². The number of hydrogen-bond acceptors (Lipinski definition) is 3. The maximum Gasteiger partial charge on any atom is 0.242 e. The molecule has 2 fully saturated rings. The van der Waals surface area contributed by atoms with Gasteiger partial charge in [-0.2, -0.15) is 0 Å². The quantitative estimate of drug-likeness (QED) is 0.774. The molecule has 0 aromatic rings. The number of carbonyl (C=O) groups is 2. The van der Waals surface area contributed by atoms with Gasteiger partial charge in [0.25, 0.3) is 0 Å². The van der Waals surface area contributed by atoms with Crippen LogP contribution in [0.4, 0.5) is 0 Å². The smallest absolute Gasteiger partial charge is 0.242 e. The third kappa shape index (κ3) is 3.45. The fourth-order valence-electron chi connectivity index (χ4n) is 2.62. The third-order valence-corrected chi connectivity index (χ3v) is 3.80. The molecular formula is C13H22N2O3. The molecule has 5 heteroatoms. The van der Waals surface area contributed by atoms with Gasteiger partial charge in [-0.1, -0.05) is 0 Å². The standard InChI is InChI=1S/C13H22N2O3/c16-11-4-3-8-14(9-6-11)13(18)10-15-7-2-1-5-12(15)17/h11,16H,1-10H2/t11-/m1/s1. The molecule has 102 valence electrons. The third-order valence-electron chi connectivity index (χ3n) is 3.80. The zero-order valence-corrected chi connectivity index (χ0v) is 10.8. The first-order valence-electron chi connectivity index (χ1n) is 6.90. The van der Waals surface area contributed by atoms with Crippen LogP contribution in [-0.2, 0) is 9.59 Å². The van der Waals surface area contributed by atoms with Crippen molar-refractivity contribution in [2.45, 2.75) is 44.6 Å². The van der Waals surface area contributed by atoms with Crippen molar-refractivity contribution in [3.8, 4) is 0 Å². The molecule has 18 heavy (non-hydrogen) atoms. The monoisotopic (exact) mass is 254 g/mol. The second-order valence-corrected chi connectivity index (χ2v) is 5.24. The van der Waals surface area contributed by atoms with Crippen LogP contribution in [0, 0.1) is 0 Å². The van der Waals surface area contributed by atoms with Gasteiger partial charge in [0, 0.05) is 26.1 Å². The Labute approximate surface area is 108 Å². The van der Waals surface area contributed by atoms with Crippen molar-refractivity contribution in [1.29, 1.82) is 0 Å². The minimum absolute atomic E-state index is 0.0272. The summed E-state index contributed by atoms with van der Waals surface area (Å²) in [6, 6.07) is 0. The predicted molar refractivity (Wildman–Crippen MR) is 66.9 cm³/mol. The van der Waals surface area contributed by atoms with Gasteiger partial charge in [0.1, 0.15) is 0 Å². The van der Waals surface area contributed by atoms with Crippen LogP contribution in [0.2, 0.25) is 0 Å². The average Bonchev–Trinajstić information content (AvgIpc) is 2.57. The SMILES string of the molecule is O=C(CN1CCCCC1=O)N1CCC[C@@H](O)CC1. The Bertz CT molecular complexity index is 319. The predicted octanol–water partition coefficient (Wildman–Crippen LogP) is 0.372. The Balaban J connectivity index is 1.84. The van der Waals surface area contributed by atoms with Gasteiger partial charge >= 0.3 is 0 Å². The van der Waals surface area contributed by atoms with Crippen molar-refractivity contribution in [3.05, 3.63) is 0 Å². The highest BCUT2D eigenvalue weighted by Crippen LogP contribution is 2.13. The van der Waals surface area contributed by atoms with Crippen LogP contribution < -0.4 is 0 Å². The molecule has 2 heterocycles. The van der Waals surface area contributed by atoms with Crippen LogP contribution >= 0.6 is 0 Å². The molecule has 1 N–H and O–H groups in total. The second-order valence-electron chi connectivity index (χ2n) is 5.24. The van der Waals surface area contributed by atoms with E-state index in [1.54, 1.807) is 9.80 Å². The lowest BCUT2D eigenvalue weighted by Crippen LogP contribution is -2.45. The molecule has 0 bridgehead atoms. The Morgan fingerprint density at radius 3 is 2.78 bits per heavy atom. The molecule has 2 rings (SSSR count). The molecule has 0 aromatic heterocycles. The van der Waals surface area contributed by atoms with E-state index in [9.17, 15) is 14.7 Å². The van der Waals surface area contributed by atoms with Gasteiger partial charge in [-0.3, -0.25) is 9.59 Å². The Hall–Kier alpha value is -1.10. The molecule has 1 atom stereocenters. The molecule has 0 unspecified atom stereocenters. The number of aliphatic hydroxyl groups excluding tert-OH is 1. The van der Waals surface area contributed by atoms with Crippen molar-refractivity contribution in [3.63, 3.8) is 0 Å². The molecule has 2 saturated heterocycles. The summed E-state index contributed by atoms with van der Waals surface area (Å²) in [7, 11) is 0. The maximum atomic E-state index is 12.1. The van der Waals surface area contributed by atoms with E-state index in [2.05, 4.69) is 0 Å². The van der Waals surface area contributed by atoms with E-state index in [-0.39, 0.29) is 24.5 Å². The van der Waals surface area contributed by atoms with Gasteiger partial charge in [-0.15, -0.1) is 0 Å². The van der Waals surface area contributed by atoms with Gasteiger partial charge in [0.15, 0.2) is 0 Å². The van der Waals surface area contributed by atoms with Crippen LogP contribution in [0.15, 0.2) is 0 Å². The lowest BCUT2D eigenvalue weighted by Gasteiger charge is -2.29. The van der Waals surface area contributed by atoms with Gasteiger partial charge in [0.05, 0.1) is 12.6 Å². The summed E-state index contributed by atoms with van der Waals surface area (Å²) >= 11 is 0. The summed E-state index contributed by atoms with van der Waals surface area (Å²) in [5, 5.41) is 9.55. The van der Waals surface area contributed by atoms with Gasteiger partial charge < -0.3 is 14.9 Å². The number of rotatable bonds is 2. The fraction of sp³-hybridized carbons (Fsp3) is 0.846. The van der Waals surface area contributed by atoms with Crippen LogP contribution in [0.1, 0.15) is 38.5 Å². The summed E-state index contributed by atoms with van der Waals surface area (Å²) in [5.41, 5.74) is 0. The number of nitrogens with zero attached hydrogens (tertiary/aromatic N) is 2. The van der Waals surface area contributed by atoms with E-state index >= 15 is 0 Å². The van der Waals surface area contributed by atoms with E-state index in [4.69, 9.17) is 0 Å². The minimum Gasteiger partial charge on any atom is -0.393 e. The van der Waals surface area contributed by atoms with Crippen LogP contribution in [0.3, 0.4) is 0 Å². The Kier molecular flexibility index (Phi) is 4.58. The van der Waals surface area contributed by atoms with Gasteiger partial charge in [0.2, 0.25) is 11.8 Å².